The fourth-order valence-corrected chi connectivity index (χ4v) is 9.72. The molecular formula is C50H84FN3O2S. The number of piperidine rings is 2. The molecule has 2 saturated heterocycles. The van der Waals surface area contributed by atoms with Crippen LogP contribution in [0.15, 0.2) is 77.7 Å². The molecule has 0 spiro atoms. The monoisotopic (exact) mass is 810 g/mol. The van der Waals surface area contributed by atoms with Crippen LogP contribution >= 0.6 is 11.8 Å². The van der Waals surface area contributed by atoms with Gasteiger partial charge in [0.2, 0.25) is 0 Å². The van der Waals surface area contributed by atoms with Crippen LogP contribution in [0.5, 0.6) is 5.75 Å². The Bertz CT molecular complexity index is 1480. The fourth-order valence-electron chi connectivity index (χ4n) is 9.31. The number of hydrogen-bond donors (Lipinski definition) is 1. The van der Waals surface area contributed by atoms with Crippen LogP contribution in [0.2, 0.25) is 0 Å². The summed E-state index contributed by atoms with van der Waals surface area (Å²) in [7, 11) is 6.47. The van der Waals surface area contributed by atoms with E-state index in [0.717, 1.165) is 28.5 Å². The van der Waals surface area contributed by atoms with Crippen molar-refractivity contribution in [2.24, 2.45) is 33.8 Å². The van der Waals surface area contributed by atoms with Gasteiger partial charge in [-0.1, -0.05) is 108 Å². The van der Waals surface area contributed by atoms with E-state index in [1.807, 2.05) is 20.1 Å². The van der Waals surface area contributed by atoms with Crippen LogP contribution in [-0.2, 0) is 11.2 Å². The van der Waals surface area contributed by atoms with Crippen LogP contribution in [0.1, 0.15) is 120 Å². The summed E-state index contributed by atoms with van der Waals surface area (Å²) in [5.41, 5.74) is 10.1. The molecule has 0 radical (unpaired) electrons. The highest BCUT2D eigenvalue weighted by molar-refractivity contribution is 7.98. The molecule has 3 fully saturated rings. The predicted molar refractivity (Wildman–Crippen MR) is 251 cm³/mol. The zero-order valence-electron chi connectivity index (χ0n) is 39.2. The van der Waals surface area contributed by atoms with E-state index in [1.54, 1.807) is 45.2 Å². The van der Waals surface area contributed by atoms with Gasteiger partial charge in [0.25, 0.3) is 0 Å². The summed E-state index contributed by atoms with van der Waals surface area (Å²) < 4.78 is 21.7. The zero-order chi connectivity index (χ0) is 43.4. The van der Waals surface area contributed by atoms with Gasteiger partial charge in [-0.15, -0.1) is 11.8 Å². The highest BCUT2D eigenvalue weighted by atomic mass is 32.2. The van der Waals surface area contributed by atoms with Crippen molar-refractivity contribution in [2.45, 2.75) is 138 Å². The standard InChI is InChI=1S/C20H31N.C18H29NO.C7H7FS.C2H6O.C2H6.CH5N/c1-6-8-16-9-11-17(12-10-16)21-14-15(7-2)13-20(5)18(21)19(20,3)4;1-6-14-12-18(3,4)17(7-2)19(13-14)15-8-10-16(20-5)11-9-15;1-9-7-4-2-6(8)3-5-7;1-3-2;2*1-2/h9-12,15,18H,6-8,13-14H2,1-5H3;8-11,14,17H,6-7,12-13H2,1-5H3;2-5H,1H3;1-2H3;1-2H3;2H2,1H3. The van der Waals surface area contributed by atoms with E-state index >= 15 is 0 Å². The Balaban J connectivity index is 0.000000418. The molecule has 57 heavy (non-hydrogen) atoms. The SMILES string of the molecule is CC.CCC1CN(c2ccc(OC)cc2)C(CC)C(C)(C)C1.CCCc1ccc(N2CC(CC)CC3(C)C2C3(C)C)cc1.CN.COC.CSc1ccc(F)cc1. The van der Waals surface area contributed by atoms with Crippen molar-refractivity contribution in [1.82, 2.24) is 0 Å². The van der Waals surface area contributed by atoms with E-state index in [0.29, 0.717) is 22.3 Å². The van der Waals surface area contributed by atoms with E-state index in [4.69, 9.17) is 4.74 Å². The molecule has 7 heteroatoms. The average Bonchev–Trinajstić information content (AvgIpc) is 3.69. The third-order valence-corrected chi connectivity index (χ3v) is 13.2. The van der Waals surface area contributed by atoms with E-state index in [2.05, 4.69) is 131 Å². The molecule has 1 saturated carbocycles. The minimum Gasteiger partial charge on any atom is -0.497 e. The number of nitrogens with two attached hydrogens (primary N) is 1. The topological polar surface area (TPSA) is 51.0 Å². The second-order valence-corrected chi connectivity index (χ2v) is 17.8. The molecule has 5 nitrogen and oxygen atoms in total. The molecule has 2 aliphatic heterocycles. The van der Waals surface area contributed by atoms with Gasteiger partial charge >= 0.3 is 0 Å². The Labute approximate surface area is 355 Å². The summed E-state index contributed by atoms with van der Waals surface area (Å²) in [6, 6.07) is 25.7. The van der Waals surface area contributed by atoms with E-state index in [-0.39, 0.29) is 5.82 Å². The summed E-state index contributed by atoms with van der Waals surface area (Å²) in [4.78, 5) is 6.43. The van der Waals surface area contributed by atoms with Crippen LogP contribution in [0, 0.1) is 33.9 Å². The lowest BCUT2D eigenvalue weighted by Crippen LogP contribution is -2.52. The molecule has 6 rings (SSSR count). The molecular weight excluding hydrogens is 726 g/mol. The van der Waals surface area contributed by atoms with Gasteiger partial charge in [-0.05, 0) is 133 Å². The maximum atomic E-state index is 12.2. The first kappa shape index (κ1) is 52.3. The molecule has 1 aliphatic carbocycles. The Morgan fingerprint density at radius 2 is 1.18 bits per heavy atom. The molecule has 3 aliphatic rings. The van der Waals surface area contributed by atoms with Crippen molar-refractivity contribution in [3.63, 3.8) is 0 Å². The van der Waals surface area contributed by atoms with Crippen molar-refractivity contribution in [2.75, 3.05) is 57.5 Å². The number of aryl methyl sites for hydroxylation is 1. The predicted octanol–water partition coefficient (Wildman–Crippen LogP) is 13.4. The lowest BCUT2D eigenvalue weighted by molar-refractivity contribution is 0.156. The van der Waals surface area contributed by atoms with Crippen LogP contribution in [0.4, 0.5) is 15.8 Å². The third kappa shape index (κ3) is 14.2. The molecule has 0 bridgehead atoms. The van der Waals surface area contributed by atoms with Gasteiger partial charge in [-0.2, -0.15) is 0 Å². The summed E-state index contributed by atoms with van der Waals surface area (Å²) >= 11 is 1.61. The van der Waals surface area contributed by atoms with Crippen LogP contribution in [-0.4, -0.2) is 59.8 Å². The third-order valence-electron chi connectivity index (χ3n) is 12.5. The second kappa shape index (κ2) is 25.7. The maximum absolute atomic E-state index is 12.2. The van der Waals surface area contributed by atoms with Gasteiger partial charge in [0, 0.05) is 55.7 Å². The van der Waals surface area contributed by atoms with Crippen LogP contribution < -0.4 is 20.3 Å². The van der Waals surface area contributed by atoms with Gasteiger partial charge in [0.15, 0.2) is 0 Å². The summed E-state index contributed by atoms with van der Waals surface area (Å²) in [6.45, 7) is 28.0. The van der Waals surface area contributed by atoms with E-state index in [9.17, 15) is 4.39 Å². The Morgan fingerprint density at radius 1 is 0.702 bits per heavy atom. The number of rotatable bonds is 9. The number of thioether (sulfide) groups is 1. The molecule has 0 amide bonds. The van der Waals surface area contributed by atoms with Crippen LogP contribution in [0.3, 0.4) is 0 Å². The number of fused-ring (bicyclic) bond motifs is 1. The average molecular weight is 810 g/mol. The van der Waals surface area contributed by atoms with Crippen molar-refractivity contribution in [1.29, 1.82) is 0 Å². The Kier molecular flexibility index (Phi) is 23.6. The zero-order valence-corrected chi connectivity index (χ0v) is 40.0. The van der Waals surface area contributed by atoms with Gasteiger partial charge in [0.1, 0.15) is 11.6 Å². The molecule has 5 atom stereocenters. The minimum absolute atomic E-state index is 0.173. The molecule has 0 aromatic heterocycles. The highest BCUT2D eigenvalue weighted by Crippen LogP contribution is 2.71. The van der Waals surface area contributed by atoms with Crippen molar-refractivity contribution in [3.8, 4) is 5.75 Å². The van der Waals surface area contributed by atoms with Crippen LogP contribution in [0.25, 0.3) is 0 Å². The summed E-state index contributed by atoms with van der Waals surface area (Å²) in [5.74, 6) is 2.41. The number of benzene rings is 3. The number of halogens is 1. The number of methoxy groups -OCH3 is 2. The second-order valence-electron chi connectivity index (χ2n) is 16.9. The largest absolute Gasteiger partial charge is 0.497 e. The van der Waals surface area contributed by atoms with Gasteiger partial charge in [0.05, 0.1) is 7.11 Å². The van der Waals surface area contributed by atoms with Crippen molar-refractivity contribution >= 4 is 23.1 Å². The van der Waals surface area contributed by atoms with E-state index < -0.39 is 0 Å². The number of nitrogens with zero attached hydrogens (tertiary/aromatic N) is 2. The summed E-state index contributed by atoms with van der Waals surface area (Å²) in [6.07, 6.45) is 10.9. The quantitative estimate of drug-likeness (QED) is 0.217. The molecule has 5 unspecified atom stereocenters. The molecule has 3 aromatic rings. The van der Waals surface area contributed by atoms with Gasteiger partial charge < -0.3 is 25.0 Å². The lowest BCUT2D eigenvalue weighted by atomic mass is 9.70. The number of anilines is 2. The fraction of sp³-hybridized carbons (Fsp3) is 0.640. The number of hydrogen-bond acceptors (Lipinski definition) is 6. The number of ether oxygens (including phenoxy) is 2. The first-order chi connectivity index (χ1) is 27.2. The Morgan fingerprint density at radius 3 is 1.63 bits per heavy atom. The molecule has 2 heterocycles. The maximum Gasteiger partial charge on any atom is 0.123 e. The molecule has 2 N–H and O–H groups in total. The normalized spacial score (nSPS) is 23.4. The molecule has 324 valence electrons. The molecule has 3 aromatic carbocycles. The lowest BCUT2D eigenvalue weighted by Gasteiger charge is -2.50. The van der Waals surface area contributed by atoms with Crippen molar-refractivity contribution < 1.29 is 13.9 Å². The first-order valence-electron chi connectivity index (χ1n) is 21.7. The van der Waals surface area contributed by atoms with Gasteiger partial charge in [-0.25, -0.2) is 4.39 Å². The van der Waals surface area contributed by atoms with Gasteiger partial charge in [-0.3, -0.25) is 0 Å². The summed E-state index contributed by atoms with van der Waals surface area (Å²) in [5, 5.41) is 0. The highest BCUT2D eigenvalue weighted by Gasteiger charge is 2.72. The van der Waals surface area contributed by atoms with E-state index in [1.165, 1.54) is 94.2 Å². The smallest absolute Gasteiger partial charge is 0.123 e. The first-order valence-corrected chi connectivity index (χ1v) is 23.0. The van der Waals surface area contributed by atoms with Crippen molar-refractivity contribution in [3.05, 3.63) is 84.2 Å². The minimum atomic E-state index is -0.173. The Hall–Kier alpha value is -2.74.